The summed E-state index contributed by atoms with van der Waals surface area (Å²) in [5.41, 5.74) is 0.745. The molecule has 1 aliphatic carbocycles. The number of aromatic nitrogens is 4. The molecule has 3 aromatic rings. The summed E-state index contributed by atoms with van der Waals surface area (Å²) in [5, 5.41) is 9.46. The monoisotopic (exact) mass is 520 g/mol. The van der Waals surface area contributed by atoms with E-state index in [2.05, 4.69) is 31.9 Å². The number of anilines is 1. The zero-order valence-corrected chi connectivity index (χ0v) is 21.1. The van der Waals surface area contributed by atoms with E-state index in [1.54, 1.807) is 0 Å². The van der Waals surface area contributed by atoms with Crippen molar-refractivity contribution in [2.24, 2.45) is 0 Å². The molecular weight excluding hydrogens is 488 g/mol. The number of hydrogen-bond acceptors (Lipinski definition) is 6. The van der Waals surface area contributed by atoms with Crippen LogP contribution in [0.25, 0.3) is 10.9 Å². The fourth-order valence-electron chi connectivity index (χ4n) is 5.59. The van der Waals surface area contributed by atoms with E-state index in [4.69, 9.17) is 9.84 Å². The molecule has 37 heavy (non-hydrogen) atoms. The van der Waals surface area contributed by atoms with Gasteiger partial charge in [0, 0.05) is 42.9 Å². The number of alkyl halides is 3. The second-order valence-corrected chi connectivity index (χ2v) is 10.1. The third kappa shape index (κ3) is 5.37. The van der Waals surface area contributed by atoms with Crippen LogP contribution in [0.15, 0.2) is 24.5 Å². The Morgan fingerprint density at radius 3 is 2.62 bits per heavy atom. The van der Waals surface area contributed by atoms with E-state index in [0.29, 0.717) is 37.7 Å². The number of pyridine rings is 2. The van der Waals surface area contributed by atoms with Crippen LogP contribution >= 0.6 is 0 Å². The van der Waals surface area contributed by atoms with Crippen molar-refractivity contribution in [2.45, 2.75) is 69.7 Å². The first kappa shape index (κ1) is 25.7. The zero-order valence-electron chi connectivity index (χ0n) is 21.1. The summed E-state index contributed by atoms with van der Waals surface area (Å²) in [6.07, 6.45) is 2.41. The molecule has 1 atom stereocenters. The lowest BCUT2D eigenvalue weighted by Gasteiger charge is -2.30. The highest BCUT2D eigenvalue weighted by Gasteiger charge is 2.37. The first-order valence-corrected chi connectivity index (χ1v) is 12.9. The lowest BCUT2D eigenvalue weighted by atomic mass is 9.92. The van der Waals surface area contributed by atoms with Crippen molar-refractivity contribution in [1.82, 2.24) is 24.6 Å². The highest BCUT2D eigenvalue weighted by Crippen LogP contribution is 2.38. The van der Waals surface area contributed by atoms with Crippen molar-refractivity contribution in [1.29, 1.82) is 0 Å². The van der Waals surface area contributed by atoms with Crippen molar-refractivity contribution in [3.63, 3.8) is 0 Å². The molecule has 1 saturated carbocycles. The Balaban J connectivity index is 1.36. The summed E-state index contributed by atoms with van der Waals surface area (Å²) in [6.45, 7) is 4.83. The first-order valence-electron chi connectivity index (χ1n) is 12.9. The van der Waals surface area contributed by atoms with Gasteiger partial charge in [0.15, 0.2) is 5.82 Å². The Kier molecular flexibility index (Phi) is 7.24. The van der Waals surface area contributed by atoms with Crippen LogP contribution in [0.3, 0.4) is 0 Å². The average Bonchev–Trinajstić information content (AvgIpc) is 3.24. The van der Waals surface area contributed by atoms with Crippen molar-refractivity contribution < 1.29 is 22.3 Å². The molecule has 1 saturated heterocycles. The summed E-state index contributed by atoms with van der Waals surface area (Å²) in [6, 6.07) is 2.78. The standard InChI is InChI=1S/C26H32F4N6O/c1-3-31-22-13-21-19(14-33-22)24(16-5-4-12-35(2)15-16)34-36(21)17-6-8-18(9-7-17)37-25-23(27)20(10-11-32-25)26(28,29)30/h10-11,13-14,16-18H,3-9,12,15H2,1-2H3,(H,31,33)/t16?,17-,18+. The Bertz CT molecular complexity index is 1240. The Morgan fingerprint density at radius 2 is 1.92 bits per heavy atom. The van der Waals surface area contributed by atoms with Crippen molar-refractivity contribution in [3.8, 4) is 5.88 Å². The Hall–Kier alpha value is -2.95. The summed E-state index contributed by atoms with van der Waals surface area (Å²) in [7, 11) is 2.14. The van der Waals surface area contributed by atoms with Gasteiger partial charge in [-0.25, -0.2) is 14.4 Å². The van der Waals surface area contributed by atoms with Gasteiger partial charge in [0.25, 0.3) is 5.88 Å². The fraction of sp³-hybridized carbons (Fsp3) is 0.577. The molecule has 1 N–H and O–H groups in total. The molecule has 1 unspecified atom stereocenters. The molecule has 200 valence electrons. The Morgan fingerprint density at radius 1 is 1.14 bits per heavy atom. The maximum absolute atomic E-state index is 14.4. The molecule has 7 nitrogen and oxygen atoms in total. The predicted octanol–water partition coefficient (Wildman–Crippen LogP) is 5.79. The van der Waals surface area contributed by atoms with Crippen molar-refractivity contribution in [2.75, 3.05) is 32.0 Å². The number of nitrogens with one attached hydrogen (secondary N) is 1. The van der Waals surface area contributed by atoms with Crippen LogP contribution in [-0.2, 0) is 6.18 Å². The summed E-state index contributed by atoms with van der Waals surface area (Å²) in [4.78, 5) is 10.7. The van der Waals surface area contributed by atoms with Crippen LogP contribution in [0, 0.1) is 5.82 Å². The van der Waals surface area contributed by atoms with Gasteiger partial charge in [0.2, 0.25) is 0 Å². The molecule has 0 aromatic carbocycles. The van der Waals surface area contributed by atoms with Gasteiger partial charge in [0.1, 0.15) is 11.9 Å². The second-order valence-electron chi connectivity index (χ2n) is 10.1. The fourth-order valence-corrected chi connectivity index (χ4v) is 5.59. The maximum Gasteiger partial charge on any atom is 0.419 e. The third-order valence-corrected chi connectivity index (χ3v) is 7.42. The molecular formula is C26H32F4N6O. The van der Waals surface area contributed by atoms with Gasteiger partial charge >= 0.3 is 6.18 Å². The van der Waals surface area contributed by atoms with Gasteiger partial charge < -0.3 is 15.0 Å². The minimum atomic E-state index is -4.80. The second kappa shape index (κ2) is 10.4. The molecule has 0 bridgehead atoms. The zero-order chi connectivity index (χ0) is 26.2. The number of likely N-dealkylation sites (tertiary alicyclic amines) is 1. The SMILES string of the molecule is CCNc1cc2c(cn1)c(C1CCCN(C)C1)nn2[C@H]1CC[C@@H](Oc2nccc(C(F)(F)F)c2F)CC1. The largest absolute Gasteiger partial charge is 0.472 e. The molecule has 0 amide bonds. The van der Waals surface area contributed by atoms with E-state index in [1.807, 2.05) is 19.2 Å². The molecule has 0 radical (unpaired) electrons. The molecule has 4 heterocycles. The number of rotatable bonds is 6. The van der Waals surface area contributed by atoms with Crippen LogP contribution in [0.2, 0.25) is 0 Å². The van der Waals surface area contributed by atoms with Gasteiger partial charge in [-0.05, 0) is 65.1 Å². The third-order valence-electron chi connectivity index (χ3n) is 7.42. The predicted molar refractivity (Wildman–Crippen MR) is 132 cm³/mol. The molecule has 1 aliphatic heterocycles. The van der Waals surface area contributed by atoms with Crippen molar-refractivity contribution in [3.05, 3.63) is 41.6 Å². The van der Waals surface area contributed by atoms with Crippen LogP contribution in [0.4, 0.5) is 23.4 Å². The van der Waals surface area contributed by atoms with Crippen LogP contribution in [0.1, 0.15) is 68.7 Å². The van der Waals surface area contributed by atoms with Gasteiger partial charge in [-0.15, -0.1) is 0 Å². The number of hydrogen-bond donors (Lipinski definition) is 1. The minimum Gasteiger partial charge on any atom is -0.472 e. The normalized spacial score (nSPS) is 23.4. The van der Waals surface area contributed by atoms with Crippen molar-refractivity contribution >= 4 is 16.7 Å². The highest BCUT2D eigenvalue weighted by molar-refractivity contribution is 5.84. The van der Waals surface area contributed by atoms with E-state index in [9.17, 15) is 17.6 Å². The van der Waals surface area contributed by atoms with E-state index >= 15 is 0 Å². The topological polar surface area (TPSA) is 68.1 Å². The summed E-state index contributed by atoms with van der Waals surface area (Å²) in [5.74, 6) is -0.913. The molecule has 3 aromatic heterocycles. The number of ether oxygens (including phenoxy) is 1. The number of nitrogens with zero attached hydrogens (tertiary/aromatic N) is 5. The number of piperidine rings is 1. The lowest BCUT2D eigenvalue weighted by Crippen LogP contribution is -2.31. The number of fused-ring (bicyclic) bond motifs is 1. The smallest absolute Gasteiger partial charge is 0.419 e. The molecule has 0 spiro atoms. The summed E-state index contributed by atoms with van der Waals surface area (Å²) >= 11 is 0. The van der Waals surface area contributed by atoms with Crippen LogP contribution < -0.4 is 10.1 Å². The Labute approximate surface area is 213 Å². The average molecular weight is 521 g/mol. The molecule has 2 fully saturated rings. The van der Waals surface area contributed by atoms with Crippen LogP contribution in [-0.4, -0.2) is 57.4 Å². The van der Waals surface area contributed by atoms with Gasteiger partial charge in [0.05, 0.1) is 22.8 Å². The van der Waals surface area contributed by atoms with Gasteiger partial charge in [-0.1, -0.05) is 0 Å². The van der Waals surface area contributed by atoms with E-state index in [0.717, 1.165) is 61.1 Å². The number of halogens is 4. The summed E-state index contributed by atoms with van der Waals surface area (Å²) < 4.78 is 61.3. The molecule has 2 aliphatic rings. The van der Waals surface area contributed by atoms with Gasteiger partial charge in [-0.3, -0.25) is 4.68 Å². The first-order chi connectivity index (χ1) is 17.7. The quantitative estimate of drug-likeness (QED) is 0.415. The number of likely N-dealkylation sites (N-methyl/N-ethyl adjacent to an activating group) is 1. The maximum atomic E-state index is 14.4. The molecule has 11 heteroatoms. The minimum absolute atomic E-state index is 0.105. The van der Waals surface area contributed by atoms with E-state index in [1.165, 1.54) is 0 Å². The lowest BCUT2D eigenvalue weighted by molar-refractivity contribution is -0.140. The molecule has 5 rings (SSSR count). The van der Waals surface area contributed by atoms with Crippen LogP contribution in [0.5, 0.6) is 5.88 Å². The van der Waals surface area contributed by atoms with E-state index in [-0.39, 0.29) is 6.04 Å². The van der Waals surface area contributed by atoms with E-state index < -0.39 is 29.5 Å². The van der Waals surface area contributed by atoms with Gasteiger partial charge in [-0.2, -0.15) is 18.3 Å². The highest BCUT2D eigenvalue weighted by atomic mass is 19.4.